The average molecular weight is 385 g/mol. The number of hydrogen-bond acceptors (Lipinski definition) is 4. The van der Waals surface area contributed by atoms with Crippen LogP contribution < -0.4 is 4.74 Å². The van der Waals surface area contributed by atoms with Crippen LogP contribution in [0, 0.1) is 5.82 Å². The standard InChI is InChI=1S/C21H20FNO3S/c1-3-27-19-18(15-6-8-16(22)9-7-15)20(24)23(21(19)25)13-12-14-4-10-17(26-2)11-5-14/h4-11H,3,12-13H2,1-2H3. The Balaban J connectivity index is 1.81. The monoisotopic (exact) mass is 385 g/mol. The smallest absolute Gasteiger partial charge is 0.267 e. The third-order valence-electron chi connectivity index (χ3n) is 4.33. The van der Waals surface area contributed by atoms with Crippen molar-refractivity contribution in [2.45, 2.75) is 13.3 Å². The molecule has 2 aromatic rings. The molecule has 0 saturated carbocycles. The quantitative estimate of drug-likeness (QED) is 0.678. The fourth-order valence-corrected chi connectivity index (χ4v) is 3.81. The number of benzene rings is 2. The Morgan fingerprint density at radius 2 is 1.67 bits per heavy atom. The summed E-state index contributed by atoms with van der Waals surface area (Å²) in [7, 11) is 1.60. The highest BCUT2D eigenvalue weighted by atomic mass is 32.2. The highest BCUT2D eigenvalue weighted by molar-refractivity contribution is 8.04. The maximum atomic E-state index is 13.2. The zero-order chi connectivity index (χ0) is 19.4. The van der Waals surface area contributed by atoms with Crippen LogP contribution >= 0.6 is 11.8 Å². The van der Waals surface area contributed by atoms with E-state index < -0.39 is 0 Å². The highest BCUT2D eigenvalue weighted by Gasteiger charge is 2.38. The number of ether oxygens (including phenoxy) is 1. The maximum absolute atomic E-state index is 13.2. The lowest BCUT2D eigenvalue weighted by Crippen LogP contribution is -2.33. The number of carbonyl (C=O) groups is 2. The molecule has 0 N–H and O–H groups in total. The van der Waals surface area contributed by atoms with Crippen LogP contribution in [0.1, 0.15) is 18.1 Å². The van der Waals surface area contributed by atoms with Gasteiger partial charge in [-0.15, -0.1) is 11.8 Å². The molecule has 2 amide bonds. The molecule has 4 nitrogen and oxygen atoms in total. The van der Waals surface area contributed by atoms with Gasteiger partial charge < -0.3 is 4.74 Å². The van der Waals surface area contributed by atoms with Crippen LogP contribution in [-0.2, 0) is 16.0 Å². The van der Waals surface area contributed by atoms with Gasteiger partial charge >= 0.3 is 0 Å². The first-order valence-corrected chi connectivity index (χ1v) is 9.65. The molecule has 0 unspecified atom stereocenters. The van der Waals surface area contributed by atoms with Gasteiger partial charge in [0.15, 0.2) is 0 Å². The summed E-state index contributed by atoms with van der Waals surface area (Å²) in [5.74, 6) is 0.452. The molecular weight excluding hydrogens is 365 g/mol. The minimum Gasteiger partial charge on any atom is -0.497 e. The molecule has 0 spiro atoms. The molecule has 140 valence electrons. The number of carbonyl (C=O) groups excluding carboxylic acids is 2. The van der Waals surface area contributed by atoms with E-state index in [1.54, 1.807) is 19.2 Å². The largest absolute Gasteiger partial charge is 0.497 e. The van der Waals surface area contributed by atoms with Gasteiger partial charge in [-0.3, -0.25) is 14.5 Å². The van der Waals surface area contributed by atoms with Crippen molar-refractivity contribution in [2.75, 3.05) is 19.4 Å². The lowest BCUT2D eigenvalue weighted by molar-refractivity contribution is -0.136. The number of halogens is 1. The second-order valence-electron chi connectivity index (χ2n) is 6.00. The Bertz CT molecular complexity index is 875. The van der Waals surface area contributed by atoms with Crippen molar-refractivity contribution in [1.82, 2.24) is 4.90 Å². The number of rotatable bonds is 7. The van der Waals surface area contributed by atoms with Crippen molar-refractivity contribution in [3.05, 3.63) is 70.4 Å². The summed E-state index contributed by atoms with van der Waals surface area (Å²) in [4.78, 5) is 27.5. The first-order chi connectivity index (χ1) is 13.0. The number of hydrogen-bond donors (Lipinski definition) is 0. The molecule has 0 atom stereocenters. The molecule has 0 bridgehead atoms. The van der Waals surface area contributed by atoms with Gasteiger partial charge in [0.2, 0.25) is 0 Å². The fourth-order valence-electron chi connectivity index (χ4n) is 2.94. The number of amides is 2. The van der Waals surface area contributed by atoms with Gasteiger partial charge in [-0.2, -0.15) is 0 Å². The van der Waals surface area contributed by atoms with Gasteiger partial charge in [0, 0.05) is 6.54 Å². The fraction of sp³-hybridized carbons (Fsp3) is 0.238. The molecule has 0 fully saturated rings. The van der Waals surface area contributed by atoms with Crippen molar-refractivity contribution in [3.8, 4) is 5.75 Å². The van der Waals surface area contributed by atoms with E-state index in [4.69, 9.17) is 4.74 Å². The molecular formula is C21H20FNO3S. The molecule has 0 aliphatic carbocycles. The van der Waals surface area contributed by atoms with Crippen LogP contribution in [0.3, 0.4) is 0 Å². The van der Waals surface area contributed by atoms with Crippen LogP contribution in [-0.4, -0.2) is 36.1 Å². The van der Waals surface area contributed by atoms with Gasteiger partial charge in [-0.05, 0) is 47.6 Å². The van der Waals surface area contributed by atoms with E-state index in [9.17, 15) is 14.0 Å². The lowest BCUT2D eigenvalue weighted by Gasteiger charge is -2.15. The number of methoxy groups -OCH3 is 1. The summed E-state index contributed by atoms with van der Waals surface area (Å²) in [6.07, 6.45) is 0.558. The van der Waals surface area contributed by atoms with Crippen molar-refractivity contribution in [3.63, 3.8) is 0 Å². The van der Waals surface area contributed by atoms with Gasteiger partial charge in [-0.1, -0.05) is 31.2 Å². The summed E-state index contributed by atoms with van der Waals surface area (Å²) in [5, 5.41) is 0. The first-order valence-electron chi connectivity index (χ1n) is 8.67. The number of thioether (sulfide) groups is 1. The van der Waals surface area contributed by atoms with Gasteiger partial charge in [-0.25, -0.2) is 4.39 Å². The Morgan fingerprint density at radius 3 is 2.26 bits per heavy atom. The molecule has 27 heavy (non-hydrogen) atoms. The van der Waals surface area contributed by atoms with Crippen LogP contribution in [0.25, 0.3) is 5.57 Å². The molecule has 0 aromatic heterocycles. The van der Waals surface area contributed by atoms with E-state index in [0.717, 1.165) is 11.3 Å². The zero-order valence-corrected chi connectivity index (χ0v) is 16.0. The topological polar surface area (TPSA) is 46.6 Å². The summed E-state index contributed by atoms with van der Waals surface area (Å²) >= 11 is 1.35. The Morgan fingerprint density at radius 1 is 1.00 bits per heavy atom. The van der Waals surface area contributed by atoms with E-state index in [2.05, 4.69) is 0 Å². The molecule has 0 radical (unpaired) electrons. The molecule has 1 aliphatic rings. The highest BCUT2D eigenvalue weighted by Crippen LogP contribution is 2.36. The normalized spacial score (nSPS) is 14.3. The van der Waals surface area contributed by atoms with Crippen LogP contribution in [0.15, 0.2) is 53.4 Å². The molecule has 3 rings (SSSR count). The SMILES string of the molecule is CCSC1=C(c2ccc(F)cc2)C(=O)N(CCc2ccc(OC)cc2)C1=O. The predicted octanol–water partition coefficient (Wildman–Crippen LogP) is 3.91. The number of imide groups is 1. The van der Waals surface area contributed by atoms with Gasteiger partial charge in [0.05, 0.1) is 17.6 Å². The second-order valence-corrected chi connectivity index (χ2v) is 7.28. The first kappa shape index (κ1) is 19.2. The summed E-state index contributed by atoms with van der Waals surface area (Å²) in [5.41, 5.74) is 1.94. The molecule has 6 heteroatoms. The van der Waals surface area contributed by atoms with Crippen molar-refractivity contribution in [1.29, 1.82) is 0 Å². The minimum absolute atomic E-state index is 0.278. The Labute approximate surface area is 162 Å². The maximum Gasteiger partial charge on any atom is 0.267 e. The van der Waals surface area contributed by atoms with Crippen molar-refractivity contribution < 1.29 is 18.7 Å². The third kappa shape index (κ3) is 4.06. The predicted molar refractivity (Wildman–Crippen MR) is 105 cm³/mol. The van der Waals surface area contributed by atoms with Gasteiger partial charge in [0.1, 0.15) is 11.6 Å². The summed E-state index contributed by atoms with van der Waals surface area (Å²) in [6, 6.07) is 13.2. The van der Waals surface area contributed by atoms with E-state index >= 15 is 0 Å². The van der Waals surface area contributed by atoms with Crippen LogP contribution in [0.5, 0.6) is 5.75 Å². The lowest BCUT2D eigenvalue weighted by atomic mass is 10.1. The second kappa shape index (κ2) is 8.39. The van der Waals surface area contributed by atoms with Crippen LogP contribution in [0.2, 0.25) is 0 Å². The van der Waals surface area contributed by atoms with Crippen LogP contribution in [0.4, 0.5) is 4.39 Å². The van der Waals surface area contributed by atoms with Crippen molar-refractivity contribution in [2.24, 2.45) is 0 Å². The van der Waals surface area contributed by atoms with E-state index in [-0.39, 0.29) is 17.6 Å². The third-order valence-corrected chi connectivity index (χ3v) is 5.29. The molecule has 0 saturated heterocycles. The Kier molecular flexibility index (Phi) is 5.96. The molecule has 1 aliphatic heterocycles. The summed E-state index contributed by atoms with van der Waals surface area (Å²) in [6.45, 7) is 2.22. The molecule has 2 aromatic carbocycles. The van der Waals surface area contributed by atoms with E-state index in [0.29, 0.717) is 34.8 Å². The minimum atomic E-state index is -0.378. The Hall–Kier alpha value is -2.60. The van der Waals surface area contributed by atoms with Crippen molar-refractivity contribution >= 4 is 29.1 Å². The van der Waals surface area contributed by atoms with E-state index in [1.165, 1.54) is 28.8 Å². The average Bonchev–Trinajstić information content (AvgIpc) is 2.91. The zero-order valence-electron chi connectivity index (χ0n) is 15.2. The molecule has 1 heterocycles. The van der Waals surface area contributed by atoms with Gasteiger partial charge in [0.25, 0.3) is 11.8 Å². The number of nitrogens with zero attached hydrogens (tertiary/aromatic N) is 1. The summed E-state index contributed by atoms with van der Waals surface area (Å²) < 4.78 is 18.4. The van der Waals surface area contributed by atoms with E-state index in [1.807, 2.05) is 31.2 Å².